The molecule has 0 saturated carbocycles. The van der Waals surface area contributed by atoms with Crippen molar-refractivity contribution in [1.82, 2.24) is 10.2 Å². The van der Waals surface area contributed by atoms with Crippen LogP contribution in [-0.2, 0) is 4.74 Å². The number of hydrogen-bond donors (Lipinski definition) is 1. The Morgan fingerprint density at radius 2 is 1.66 bits per heavy atom. The maximum Gasteiger partial charge on any atom is 0.252 e. The molecule has 0 unspecified atom stereocenters. The number of rotatable bonds is 7. The molecule has 3 rings (SSSR count). The summed E-state index contributed by atoms with van der Waals surface area (Å²) in [5, 5.41) is 2.91. The van der Waals surface area contributed by atoms with Crippen LogP contribution in [0.2, 0.25) is 0 Å². The highest BCUT2D eigenvalue weighted by Gasteiger charge is 2.22. The summed E-state index contributed by atoms with van der Waals surface area (Å²) in [4.78, 5) is 27.8. The predicted octanol–water partition coefficient (Wildman–Crippen LogP) is 3.29. The minimum absolute atomic E-state index is 0.220. The lowest BCUT2D eigenvalue weighted by atomic mass is 9.98. The van der Waals surface area contributed by atoms with Crippen LogP contribution in [0.15, 0.2) is 48.5 Å². The van der Waals surface area contributed by atoms with Gasteiger partial charge < -0.3 is 10.1 Å². The number of morpholine rings is 1. The highest BCUT2D eigenvalue weighted by Crippen LogP contribution is 2.16. The molecule has 1 aliphatic heterocycles. The molecular formula is C23H27FN2O3. The Morgan fingerprint density at radius 1 is 1.03 bits per heavy atom. The van der Waals surface area contributed by atoms with Gasteiger partial charge in [-0.3, -0.25) is 14.5 Å². The number of halogens is 1. The van der Waals surface area contributed by atoms with Gasteiger partial charge in [0.05, 0.1) is 17.8 Å². The molecule has 154 valence electrons. The van der Waals surface area contributed by atoms with Crippen LogP contribution < -0.4 is 5.32 Å². The minimum Gasteiger partial charge on any atom is -0.373 e. The molecule has 2 atom stereocenters. The largest absolute Gasteiger partial charge is 0.373 e. The van der Waals surface area contributed by atoms with E-state index in [2.05, 4.69) is 24.1 Å². The lowest BCUT2D eigenvalue weighted by molar-refractivity contribution is -0.0680. The van der Waals surface area contributed by atoms with Gasteiger partial charge in [0.2, 0.25) is 0 Å². The zero-order valence-electron chi connectivity index (χ0n) is 16.9. The van der Waals surface area contributed by atoms with Gasteiger partial charge in [0, 0.05) is 37.3 Å². The first-order valence-electron chi connectivity index (χ1n) is 9.99. The smallest absolute Gasteiger partial charge is 0.252 e. The molecule has 6 heteroatoms. The fourth-order valence-corrected chi connectivity index (χ4v) is 3.70. The zero-order valence-corrected chi connectivity index (χ0v) is 16.9. The lowest BCUT2D eigenvalue weighted by Crippen LogP contribution is -2.46. The van der Waals surface area contributed by atoms with E-state index in [-0.39, 0.29) is 23.9 Å². The number of hydrogen-bond acceptors (Lipinski definition) is 4. The summed E-state index contributed by atoms with van der Waals surface area (Å²) >= 11 is 0. The summed E-state index contributed by atoms with van der Waals surface area (Å²) < 4.78 is 18.9. The molecule has 1 N–H and O–H groups in total. The van der Waals surface area contributed by atoms with Crippen LogP contribution >= 0.6 is 0 Å². The van der Waals surface area contributed by atoms with Crippen molar-refractivity contribution in [1.29, 1.82) is 0 Å². The molecule has 0 aromatic heterocycles. The van der Waals surface area contributed by atoms with Gasteiger partial charge in [-0.2, -0.15) is 0 Å². The van der Waals surface area contributed by atoms with Gasteiger partial charge in [0.15, 0.2) is 5.78 Å². The van der Waals surface area contributed by atoms with Crippen molar-refractivity contribution in [3.05, 3.63) is 71.0 Å². The van der Waals surface area contributed by atoms with Crippen LogP contribution in [0.25, 0.3) is 0 Å². The van der Waals surface area contributed by atoms with Gasteiger partial charge in [0.25, 0.3) is 5.91 Å². The van der Waals surface area contributed by atoms with Crippen molar-refractivity contribution >= 4 is 11.7 Å². The quantitative estimate of drug-likeness (QED) is 0.574. The van der Waals surface area contributed by atoms with Crippen LogP contribution in [-0.4, -0.2) is 55.0 Å². The van der Waals surface area contributed by atoms with Crippen molar-refractivity contribution in [3.8, 4) is 0 Å². The maximum atomic E-state index is 13.1. The van der Waals surface area contributed by atoms with Gasteiger partial charge in [-0.25, -0.2) is 4.39 Å². The highest BCUT2D eigenvalue weighted by molar-refractivity contribution is 6.15. The molecule has 2 aromatic rings. The predicted molar refractivity (Wildman–Crippen MR) is 110 cm³/mol. The van der Waals surface area contributed by atoms with Crippen LogP contribution in [0.3, 0.4) is 0 Å². The molecule has 5 nitrogen and oxygen atoms in total. The zero-order chi connectivity index (χ0) is 20.8. The van der Waals surface area contributed by atoms with Crippen molar-refractivity contribution in [2.75, 3.05) is 26.2 Å². The van der Waals surface area contributed by atoms with Crippen molar-refractivity contribution in [2.24, 2.45) is 0 Å². The second-order valence-electron chi connectivity index (χ2n) is 7.51. The summed E-state index contributed by atoms with van der Waals surface area (Å²) in [7, 11) is 0. The fourth-order valence-electron chi connectivity index (χ4n) is 3.70. The molecule has 1 aliphatic rings. The Bertz CT molecular complexity index is 843. The molecule has 0 radical (unpaired) electrons. The molecule has 1 heterocycles. The lowest BCUT2D eigenvalue weighted by Gasteiger charge is -2.35. The van der Waals surface area contributed by atoms with E-state index in [0.717, 1.165) is 26.1 Å². The Balaban J connectivity index is 1.57. The molecule has 29 heavy (non-hydrogen) atoms. The third kappa shape index (κ3) is 5.71. The normalized spacial score (nSPS) is 19.7. The van der Waals surface area contributed by atoms with Crippen LogP contribution in [0, 0.1) is 5.82 Å². The second kappa shape index (κ2) is 9.76. The molecule has 0 bridgehead atoms. The Labute approximate surface area is 170 Å². The van der Waals surface area contributed by atoms with Gasteiger partial charge in [-0.05, 0) is 50.6 Å². The topological polar surface area (TPSA) is 58.6 Å². The van der Waals surface area contributed by atoms with Crippen molar-refractivity contribution in [2.45, 2.75) is 32.5 Å². The third-order valence-electron chi connectivity index (χ3n) is 4.95. The average Bonchev–Trinajstić information content (AvgIpc) is 2.70. The van der Waals surface area contributed by atoms with Crippen molar-refractivity contribution in [3.63, 3.8) is 0 Å². The van der Waals surface area contributed by atoms with E-state index in [4.69, 9.17) is 4.74 Å². The standard InChI is InChI=1S/C23H27FN2O3/c1-16-14-26(15-17(2)29-16)13-5-12-25-23(28)21-7-4-3-6-20(21)22(27)18-8-10-19(24)11-9-18/h3-4,6-11,16-17H,5,12-15H2,1-2H3,(H,25,28)/t16-,17-/m1/s1. The number of carbonyl (C=O) groups is 2. The summed E-state index contributed by atoms with van der Waals surface area (Å²) in [5.41, 5.74) is 0.991. The first kappa shape index (κ1) is 21.1. The van der Waals surface area contributed by atoms with Crippen LogP contribution in [0.1, 0.15) is 46.5 Å². The summed E-state index contributed by atoms with van der Waals surface area (Å²) in [6.07, 6.45) is 1.26. The minimum atomic E-state index is -0.406. The highest BCUT2D eigenvalue weighted by atomic mass is 19.1. The monoisotopic (exact) mass is 398 g/mol. The number of nitrogens with one attached hydrogen (secondary N) is 1. The number of nitrogens with zero attached hydrogens (tertiary/aromatic N) is 1. The van der Waals surface area contributed by atoms with Gasteiger partial charge >= 0.3 is 0 Å². The van der Waals surface area contributed by atoms with Gasteiger partial charge in [0.1, 0.15) is 5.82 Å². The van der Waals surface area contributed by atoms with Crippen LogP contribution in [0.4, 0.5) is 4.39 Å². The molecule has 0 aliphatic carbocycles. The second-order valence-corrected chi connectivity index (χ2v) is 7.51. The summed E-state index contributed by atoms with van der Waals surface area (Å²) in [5.74, 6) is -0.983. The van der Waals surface area contributed by atoms with Crippen LogP contribution in [0.5, 0.6) is 0 Å². The molecule has 2 aromatic carbocycles. The Hall–Kier alpha value is -2.57. The fraction of sp³-hybridized carbons (Fsp3) is 0.391. The number of carbonyl (C=O) groups excluding carboxylic acids is 2. The van der Waals surface area contributed by atoms with E-state index in [0.29, 0.717) is 23.2 Å². The van der Waals surface area contributed by atoms with Crippen molar-refractivity contribution < 1.29 is 18.7 Å². The molecule has 0 spiro atoms. The Kier molecular flexibility index (Phi) is 7.12. The molecular weight excluding hydrogens is 371 g/mol. The van der Waals surface area contributed by atoms with E-state index < -0.39 is 5.82 Å². The number of ether oxygens (including phenoxy) is 1. The summed E-state index contributed by atoms with van der Waals surface area (Å²) in [6, 6.07) is 12.0. The van der Waals surface area contributed by atoms with E-state index in [1.54, 1.807) is 24.3 Å². The number of benzene rings is 2. The summed E-state index contributed by atoms with van der Waals surface area (Å²) in [6.45, 7) is 7.34. The van der Waals surface area contributed by atoms with E-state index in [9.17, 15) is 14.0 Å². The molecule has 1 fully saturated rings. The average molecular weight is 398 g/mol. The first-order valence-corrected chi connectivity index (χ1v) is 9.99. The van der Waals surface area contributed by atoms with Gasteiger partial charge in [-0.1, -0.05) is 18.2 Å². The maximum absolute atomic E-state index is 13.1. The Morgan fingerprint density at radius 3 is 2.31 bits per heavy atom. The van der Waals surface area contributed by atoms with E-state index >= 15 is 0 Å². The van der Waals surface area contributed by atoms with E-state index in [1.807, 2.05) is 0 Å². The van der Waals surface area contributed by atoms with E-state index in [1.165, 1.54) is 24.3 Å². The molecule has 1 amide bonds. The van der Waals surface area contributed by atoms with Gasteiger partial charge in [-0.15, -0.1) is 0 Å². The number of amides is 1. The SMILES string of the molecule is C[C@@H]1CN(CCCNC(=O)c2ccccc2C(=O)c2ccc(F)cc2)C[C@@H](C)O1. The third-order valence-corrected chi connectivity index (χ3v) is 4.95. The number of ketones is 1. The molecule has 1 saturated heterocycles. The first-order chi connectivity index (χ1) is 13.9.